The van der Waals surface area contributed by atoms with E-state index in [0.29, 0.717) is 12.5 Å². The van der Waals surface area contributed by atoms with Crippen LogP contribution in [0.1, 0.15) is 39.3 Å². The predicted molar refractivity (Wildman–Crippen MR) is 67.9 cm³/mol. The average molecular weight is 222 g/mol. The Hall–Kier alpha value is -1.09. The minimum absolute atomic E-state index is 0.289. The lowest BCUT2D eigenvalue weighted by Gasteiger charge is -2.10. The van der Waals surface area contributed by atoms with Gasteiger partial charge >= 0.3 is 0 Å². The molecule has 0 spiro atoms. The molecule has 90 valence electrons. The smallest absolute Gasteiger partial charge is 0.126 e. The maximum Gasteiger partial charge on any atom is 0.126 e. The first-order valence-electron chi connectivity index (χ1n) is 5.92. The maximum atomic E-state index is 5.45. The van der Waals surface area contributed by atoms with E-state index in [-0.39, 0.29) is 6.10 Å². The first kappa shape index (κ1) is 13.0. The summed E-state index contributed by atoms with van der Waals surface area (Å²) in [5.41, 5.74) is 1.12. The molecule has 0 amide bonds. The third kappa shape index (κ3) is 4.62. The van der Waals surface area contributed by atoms with Crippen LogP contribution in [0.3, 0.4) is 0 Å². The minimum Gasteiger partial charge on any atom is -0.377 e. The predicted octanol–water partition coefficient (Wildman–Crippen LogP) is 3.04. The molecule has 0 saturated heterocycles. The largest absolute Gasteiger partial charge is 0.377 e. The molecule has 1 rings (SSSR count). The summed E-state index contributed by atoms with van der Waals surface area (Å²) in [5, 5.41) is 3.26. The van der Waals surface area contributed by atoms with Crippen molar-refractivity contribution in [2.75, 3.05) is 18.5 Å². The zero-order valence-corrected chi connectivity index (χ0v) is 10.7. The molecule has 0 radical (unpaired) electrons. The summed E-state index contributed by atoms with van der Waals surface area (Å²) in [7, 11) is 0. The second kappa shape index (κ2) is 6.48. The molecule has 0 saturated carbocycles. The summed E-state index contributed by atoms with van der Waals surface area (Å²) in [5.74, 6) is 1.40. The van der Waals surface area contributed by atoms with Crippen molar-refractivity contribution in [1.82, 2.24) is 4.98 Å². The fourth-order valence-electron chi connectivity index (χ4n) is 1.35. The number of anilines is 1. The zero-order chi connectivity index (χ0) is 12.0. The molecule has 1 heterocycles. The molecule has 0 unspecified atom stereocenters. The van der Waals surface area contributed by atoms with Crippen molar-refractivity contribution in [3.63, 3.8) is 0 Å². The molecular weight excluding hydrogens is 200 g/mol. The van der Waals surface area contributed by atoms with Gasteiger partial charge in [0.25, 0.3) is 0 Å². The average Bonchev–Trinajstić information content (AvgIpc) is 2.24. The number of rotatable bonds is 6. The van der Waals surface area contributed by atoms with E-state index in [0.717, 1.165) is 18.1 Å². The van der Waals surface area contributed by atoms with Gasteiger partial charge in [0.05, 0.1) is 12.7 Å². The van der Waals surface area contributed by atoms with Crippen LogP contribution < -0.4 is 5.32 Å². The summed E-state index contributed by atoms with van der Waals surface area (Å²) < 4.78 is 5.45. The van der Waals surface area contributed by atoms with Gasteiger partial charge in [-0.15, -0.1) is 0 Å². The van der Waals surface area contributed by atoms with Gasteiger partial charge in [-0.2, -0.15) is 0 Å². The molecule has 0 fully saturated rings. The van der Waals surface area contributed by atoms with Crippen LogP contribution in [-0.4, -0.2) is 24.2 Å². The summed E-state index contributed by atoms with van der Waals surface area (Å²) in [4.78, 5) is 4.52. The highest BCUT2D eigenvalue weighted by molar-refractivity contribution is 5.35. The quantitative estimate of drug-likeness (QED) is 0.751. The summed E-state index contributed by atoms with van der Waals surface area (Å²) in [6.07, 6.45) is 0.289. The van der Waals surface area contributed by atoms with E-state index in [1.165, 1.54) is 0 Å². The van der Waals surface area contributed by atoms with Crippen molar-refractivity contribution in [3.8, 4) is 0 Å². The van der Waals surface area contributed by atoms with Crippen molar-refractivity contribution in [2.45, 2.75) is 39.7 Å². The number of nitrogens with one attached hydrogen (secondary N) is 1. The first-order valence-corrected chi connectivity index (χ1v) is 5.92. The Morgan fingerprint density at radius 2 is 2.00 bits per heavy atom. The topological polar surface area (TPSA) is 34.1 Å². The van der Waals surface area contributed by atoms with E-state index in [2.05, 4.69) is 30.2 Å². The van der Waals surface area contributed by atoms with Gasteiger partial charge in [0.1, 0.15) is 5.82 Å². The van der Waals surface area contributed by atoms with Crippen LogP contribution in [0.4, 0.5) is 5.82 Å². The monoisotopic (exact) mass is 222 g/mol. The second-order valence-corrected chi connectivity index (χ2v) is 4.45. The van der Waals surface area contributed by atoms with Crippen LogP contribution in [-0.2, 0) is 4.74 Å². The van der Waals surface area contributed by atoms with Crippen LogP contribution in [0.15, 0.2) is 18.2 Å². The number of pyridine rings is 1. The van der Waals surface area contributed by atoms with Crippen LogP contribution in [0, 0.1) is 0 Å². The maximum absolute atomic E-state index is 5.45. The highest BCUT2D eigenvalue weighted by atomic mass is 16.5. The first-order chi connectivity index (χ1) is 7.59. The van der Waals surface area contributed by atoms with Gasteiger partial charge < -0.3 is 10.1 Å². The molecule has 0 bridgehead atoms. The molecule has 3 heteroatoms. The highest BCUT2D eigenvalue weighted by Crippen LogP contribution is 2.13. The Kier molecular flexibility index (Phi) is 5.26. The number of nitrogens with zero attached hydrogens (tertiary/aromatic N) is 1. The molecule has 0 aromatic carbocycles. The summed E-state index contributed by atoms with van der Waals surface area (Å²) in [6, 6.07) is 6.08. The summed E-state index contributed by atoms with van der Waals surface area (Å²) in [6.45, 7) is 9.88. The third-order valence-electron chi connectivity index (χ3n) is 2.22. The van der Waals surface area contributed by atoms with Gasteiger partial charge in [0.2, 0.25) is 0 Å². The van der Waals surface area contributed by atoms with Crippen LogP contribution in [0.25, 0.3) is 0 Å². The van der Waals surface area contributed by atoms with Gasteiger partial charge in [0.15, 0.2) is 0 Å². The standard InChI is InChI=1S/C13H22N2O/c1-10(2)12-6-5-7-13(15-12)14-8-9-16-11(3)4/h5-7,10-11H,8-9H2,1-4H3,(H,14,15). The minimum atomic E-state index is 0.289. The summed E-state index contributed by atoms with van der Waals surface area (Å²) >= 11 is 0. The normalized spacial score (nSPS) is 11.1. The molecule has 3 nitrogen and oxygen atoms in total. The molecular formula is C13H22N2O. The fourth-order valence-corrected chi connectivity index (χ4v) is 1.35. The molecule has 0 aliphatic heterocycles. The lowest BCUT2D eigenvalue weighted by atomic mass is 10.1. The van der Waals surface area contributed by atoms with Gasteiger partial charge in [-0.25, -0.2) is 4.98 Å². The van der Waals surface area contributed by atoms with Crippen LogP contribution >= 0.6 is 0 Å². The van der Waals surface area contributed by atoms with Crippen LogP contribution in [0.2, 0.25) is 0 Å². The Bertz CT molecular complexity index is 311. The van der Waals surface area contributed by atoms with E-state index < -0.39 is 0 Å². The van der Waals surface area contributed by atoms with E-state index in [9.17, 15) is 0 Å². The van der Waals surface area contributed by atoms with E-state index >= 15 is 0 Å². The zero-order valence-electron chi connectivity index (χ0n) is 10.7. The van der Waals surface area contributed by atoms with Gasteiger partial charge in [0, 0.05) is 12.2 Å². The van der Waals surface area contributed by atoms with Crippen molar-refractivity contribution >= 4 is 5.82 Å². The van der Waals surface area contributed by atoms with Crippen LogP contribution in [0.5, 0.6) is 0 Å². The van der Waals surface area contributed by atoms with Crippen molar-refractivity contribution in [3.05, 3.63) is 23.9 Å². The highest BCUT2D eigenvalue weighted by Gasteiger charge is 2.01. The molecule has 0 aliphatic carbocycles. The number of aromatic nitrogens is 1. The molecule has 0 atom stereocenters. The Morgan fingerprint density at radius 3 is 2.62 bits per heavy atom. The molecule has 1 aromatic heterocycles. The lowest BCUT2D eigenvalue weighted by molar-refractivity contribution is 0.0870. The Labute approximate surface area is 98.2 Å². The number of hydrogen-bond acceptors (Lipinski definition) is 3. The third-order valence-corrected chi connectivity index (χ3v) is 2.22. The van der Waals surface area contributed by atoms with E-state index in [1.54, 1.807) is 0 Å². The van der Waals surface area contributed by atoms with Gasteiger partial charge in [-0.1, -0.05) is 19.9 Å². The lowest BCUT2D eigenvalue weighted by Crippen LogP contribution is -2.14. The van der Waals surface area contributed by atoms with E-state index in [1.807, 2.05) is 26.0 Å². The Morgan fingerprint density at radius 1 is 1.25 bits per heavy atom. The van der Waals surface area contributed by atoms with Gasteiger partial charge in [-0.3, -0.25) is 0 Å². The fraction of sp³-hybridized carbons (Fsp3) is 0.615. The number of hydrogen-bond donors (Lipinski definition) is 1. The number of ether oxygens (including phenoxy) is 1. The Balaban J connectivity index is 2.39. The van der Waals surface area contributed by atoms with Crippen molar-refractivity contribution in [2.24, 2.45) is 0 Å². The SMILES string of the molecule is CC(C)OCCNc1cccc(C(C)C)n1. The second-order valence-electron chi connectivity index (χ2n) is 4.45. The van der Waals surface area contributed by atoms with Gasteiger partial charge in [-0.05, 0) is 31.9 Å². The molecule has 16 heavy (non-hydrogen) atoms. The molecule has 1 aromatic rings. The molecule has 0 aliphatic rings. The van der Waals surface area contributed by atoms with Crippen molar-refractivity contribution < 1.29 is 4.74 Å². The van der Waals surface area contributed by atoms with E-state index in [4.69, 9.17) is 4.74 Å². The molecule has 1 N–H and O–H groups in total. The van der Waals surface area contributed by atoms with Crippen molar-refractivity contribution in [1.29, 1.82) is 0 Å².